The average Bonchev–Trinajstić information content (AvgIpc) is 2.91. The van der Waals surface area contributed by atoms with E-state index in [0.29, 0.717) is 11.5 Å². The van der Waals surface area contributed by atoms with Crippen molar-refractivity contribution in [2.75, 3.05) is 10.6 Å². The molecular formula is C17H15BrN4O. The molecule has 23 heavy (non-hydrogen) atoms. The third kappa shape index (κ3) is 3.78. The molecule has 2 N–H and O–H groups in total. The van der Waals surface area contributed by atoms with Crippen molar-refractivity contribution in [1.82, 2.24) is 9.78 Å². The number of nitrogens with zero attached hydrogens (tertiary/aromatic N) is 2. The van der Waals surface area contributed by atoms with E-state index in [4.69, 9.17) is 0 Å². The molecule has 0 atom stereocenters. The van der Waals surface area contributed by atoms with E-state index in [1.807, 2.05) is 67.7 Å². The Morgan fingerprint density at radius 2 is 1.74 bits per heavy atom. The number of aromatic nitrogens is 2. The Morgan fingerprint density at radius 1 is 1.04 bits per heavy atom. The minimum absolute atomic E-state index is 0.329. The maximum atomic E-state index is 12.0. The Bertz CT molecular complexity index is 812. The normalized spacial score (nSPS) is 10.3. The first-order chi connectivity index (χ1) is 11.1. The molecule has 0 aliphatic carbocycles. The summed E-state index contributed by atoms with van der Waals surface area (Å²) in [5, 5.41) is 9.83. The summed E-state index contributed by atoms with van der Waals surface area (Å²) in [6.07, 6.45) is 0. The van der Waals surface area contributed by atoms with Gasteiger partial charge in [0.1, 0.15) is 0 Å². The summed E-state index contributed by atoms with van der Waals surface area (Å²) in [5.41, 5.74) is 2.69. The molecule has 0 radical (unpaired) electrons. The molecule has 0 unspecified atom stereocenters. The van der Waals surface area contributed by atoms with Gasteiger partial charge in [0, 0.05) is 23.3 Å². The highest BCUT2D eigenvalue weighted by Crippen LogP contribution is 2.21. The standard InChI is InChI=1S/C17H15BrN4O/c1-22-15(12-5-3-2-4-6-12)11-16(21-22)20-17(23)19-14-9-7-13(18)8-10-14/h2-11H,1H3,(H2,19,20,21,23). The Labute approximate surface area is 142 Å². The van der Waals surface area contributed by atoms with E-state index in [1.54, 1.807) is 4.68 Å². The molecule has 1 aromatic heterocycles. The number of anilines is 2. The van der Waals surface area contributed by atoms with Crippen LogP contribution in [0.2, 0.25) is 0 Å². The van der Waals surface area contributed by atoms with Gasteiger partial charge in [-0.15, -0.1) is 0 Å². The maximum Gasteiger partial charge on any atom is 0.324 e. The van der Waals surface area contributed by atoms with E-state index in [0.717, 1.165) is 15.7 Å². The smallest absolute Gasteiger partial charge is 0.308 e. The van der Waals surface area contributed by atoms with Gasteiger partial charge in [0.2, 0.25) is 0 Å². The van der Waals surface area contributed by atoms with Gasteiger partial charge in [0.05, 0.1) is 5.69 Å². The molecule has 3 rings (SSSR count). The second-order valence-corrected chi connectivity index (χ2v) is 5.91. The van der Waals surface area contributed by atoms with Crippen LogP contribution in [0.5, 0.6) is 0 Å². The fourth-order valence-corrected chi connectivity index (χ4v) is 2.48. The summed E-state index contributed by atoms with van der Waals surface area (Å²) >= 11 is 3.36. The van der Waals surface area contributed by atoms with Gasteiger partial charge in [-0.3, -0.25) is 10.00 Å². The number of hydrogen-bond acceptors (Lipinski definition) is 2. The van der Waals surface area contributed by atoms with Crippen molar-refractivity contribution in [2.45, 2.75) is 0 Å². The molecule has 2 amide bonds. The van der Waals surface area contributed by atoms with Crippen LogP contribution in [0.3, 0.4) is 0 Å². The number of amides is 2. The predicted molar refractivity (Wildman–Crippen MR) is 95.4 cm³/mol. The molecule has 0 saturated heterocycles. The van der Waals surface area contributed by atoms with E-state index >= 15 is 0 Å². The highest BCUT2D eigenvalue weighted by atomic mass is 79.9. The third-order valence-corrected chi connectivity index (χ3v) is 3.82. The molecule has 1 heterocycles. The van der Waals surface area contributed by atoms with Crippen molar-refractivity contribution in [1.29, 1.82) is 0 Å². The van der Waals surface area contributed by atoms with Crippen LogP contribution < -0.4 is 10.6 Å². The number of urea groups is 1. The Balaban J connectivity index is 1.71. The quantitative estimate of drug-likeness (QED) is 0.713. The zero-order chi connectivity index (χ0) is 16.2. The van der Waals surface area contributed by atoms with E-state index in [1.165, 1.54) is 0 Å². The highest BCUT2D eigenvalue weighted by molar-refractivity contribution is 9.10. The van der Waals surface area contributed by atoms with Gasteiger partial charge in [0.15, 0.2) is 5.82 Å². The molecule has 0 fully saturated rings. The van der Waals surface area contributed by atoms with Crippen molar-refractivity contribution in [3.8, 4) is 11.3 Å². The van der Waals surface area contributed by atoms with Crippen LogP contribution in [0.25, 0.3) is 11.3 Å². The summed E-state index contributed by atoms with van der Waals surface area (Å²) in [4.78, 5) is 12.0. The Hall–Kier alpha value is -2.60. The fourth-order valence-electron chi connectivity index (χ4n) is 2.22. The molecular weight excluding hydrogens is 356 g/mol. The maximum absolute atomic E-state index is 12.0. The molecule has 2 aromatic carbocycles. The van der Waals surface area contributed by atoms with Crippen LogP contribution in [0, 0.1) is 0 Å². The molecule has 116 valence electrons. The van der Waals surface area contributed by atoms with Gasteiger partial charge < -0.3 is 5.32 Å². The second kappa shape index (κ2) is 6.66. The highest BCUT2D eigenvalue weighted by Gasteiger charge is 2.10. The molecule has 0 aliphatic rings. The zero-order valence-electron chi connectivity index (χ0n) is 12.5. The number of carbonyl (C=O) groups is 1. The molecule has 0 saturated carbocycles. The van der Waals surface area contributed by atoms with Gasteiger partial charge >= 0.3 is 6.03 Å². The third-order valence-electron chi connectivity index (χ3n) is 3.29. The first-order valence-electron chi connectivity index (χ1n) is 7.05. The second-order valence-electron chi connectivity index (χ2n) is 4.99. The van der Waals surface area contributed by atoms with E-state index in [2.05, 4.69) is 31.7 Å². The number of rotatable bonds is 3. The number of halogens is 1. The van der Waals surface area contributed by atoms with Crippen molar-refractivity contribution >= 4 is 33.5 Å². The van der Waals surface area contributed by atoms with Crippen molar-refractivity contribution in [3.63, 3.8) is 0 Å². The number of hydrogen-bond donors (Lipinski definition) is 2. The number of aryl methyl sites for hydroxylation is 1. The molecule has 3 aromatic rings. The minimum atomic E-state index is -0.329. The zero-order valence-corrected chi connectivity index (χ0v) is 14.0. The number of carbonyl (C=O) groups excluding carboxylic acids is 1. The first-order valence-corrected chi connectivity index (χ1v) is 7.84. The lowest BCUT2D eigenvalue weighted by molar-refractivity contribution is 0.262. The number of benzene rings is 2. The van der Waals surface area contributed by atoms with E-state index < -0.39 is 0 Å². The monoisotopic (exact) mass is 370 g/mol. The van der Waals surface area contributed by atoms with E-state index in [-0.39, 0.29) is 6.03 Å². The van der Waals surface area contributed by atoms with Gasteiger partial charge in [0.25, 0.3) is 0 Å². The lowest BCUT2D eigenvalue weighted by atomic mass is 10.1. The largest absolute Gasteiger partial charge is 0.324 e. The number of nitrogens with one attached hydrogen (secondary N) is 2. The Kier molecular flexibility index (Phi) is 4.43. The van der Waals surface area contributed by atoms with Crippen LogP contribution in [0.1, 0.15) is 0 Å². The van der Waals surface area contributed by atoms with Crippen LogP contribution in [-0.2, 0) is 7.05 Å². The van der Waals surface area contributed by atoms with Crippen LogP contribution in [-0.4, -0.2) is 15.8 Å². The molecule has 5 nitrogen and oxygen atoms in total. The molecule has 6 heteroatoms. The summed E-state index contributed by atoms with van der Waals surface area (Å²) in [5.74, 6) is 0.501. The molecule has 0 bridgehead atoms. The van der Waals surface area contributed by atoms with E-state index in [9.17, 15) is 4.79 Å². The fraction of sp³-hybridized carbons (Fsp3) is 0.0588. The molecule has 0 aliphatic heterocycles. The van der Waals surface area contributed by atoms with Crippen molar-refractivity contribution in [2.24, 2.45) is 7.05 Å². The minimum Gasteiger partial charge on any atom is -0.308 e. The summed E-state index contributed by atoms with van der Waals surface area (Å²) in [6.45, 7) is 0. The van der Waals surface area contributed by atoms with Gasteiger partial charge in [-0.25, -0.2) is 4.79 Å². The first kappa shape index (κ1) is 15.3. The molecule has 0 spiro atoms. The van der Waals surface area contributed by atoms with Gasteiger partial charge in [-0.1, -0.05) is 46.3 Å². The van der Waals surface area contributed by atoms with Crippen LogP contribution in [0.15, 0.2) is 65.1 Å². The summed E-state index contributed by atoms with van der Waals surface area (Å²) in [7, 11) is 1.85. The average molecular weight is 371 g/mol. The Morgan fingerprint density at radius 3 is 2.43 bits per heavy atom. The lowest BCUT2D eigenvalue weighted by Gasteiger charge is -2.05. The van der Waals surface area contributed by atoms with Crippen molar-refractivity contribution in [3.05, 3.63) is 65.1 Å². The SMILES string of the molecule is Cn1nc(NC(=O)Nc2ccc(Br)cc2)cc1-c1ccccc1. The van der Waals surface area contributed by atoms with Crippen LogP contribution >= 0.6 is 15.9 Å². The topological polar surface area (TPSA) is 59.0 Å². The van der Waals surface area contributed by atoms with Gasteiger partial charge in [-0.05, 0) is 29.8 Å². The summed E-state index contributed by atoms with van der Waals surface area (Å²) in [6, 6.07) is 18.8. The lowest BCUT2D eigenvalue weighted by Crippen LogP contribution is -2.19. The summed E-state index contributed by atoms with van der Waals surface area (Å²) < 4.78 is 2.70. The van der Waals surface area contributed by atoms with Crippen molar-refractivity contribution < 1.29 is 4.79 Å². The van der Waals surface area contributed by atoms with Gasteiger partial charge in [-0.2, -0.15) is 5.10 Å². The predicted octanol–water partition coefficient (Wildman–Crippen LogP) is 4.49. The van der Waals surface area contributed by atoms with Crippen LogP contribution in [0.4, 0.5) is 16.3 Å².